The zero-order valence-electron chi connectivity index (χ0n) is 21.1. The van der Waals surface area contributed by atoms with Crippen molar-refractivity contribution < 1.29 is 22.3 Å². The summed E-state index contributed by atoms with van der Waals surface area (Å²) in [5.74, 6) is 0.527. The number of hydrogen-bond acceptors (Lipinski definition) is 8. The number of para-hydroxylation sites is 1. The van der Waals surface area contributed by atoms with Gasteiger partial charge in [0.2, 0.25) is 16.0 Å². The van der Waals surface area contributed by atoms with Gasteiger partial charge in [-0.05, 0) is 51.8 Å². The third-order valence-corrected chi connectivity index (χ3v) is 7.04. The molecule has 0 saturated heterocycles. The van der Waals surface area contributed by atoms with E-state index in [-0.39, 0.29) is 18.2 Å². The molecule has 1 N–H and O–H groups in total. The molecule has 3 rings (SSSR count). The maximum atomic E-state index is 13.3. The summed E-state index contributed by atoms with van der Waals surface area (Å²) in [5.41, 5.74) is 1.67. The summed E-state index contributed by atoms with van der Waals surface area (Å²) in [4.78, 5) is 11.9. The van der Waals surface area contributed by atoms with E-state index in [4.69, 9.17) is 9.47 Å². The Bertz CT molecular complexity index is 1420. The van der Waals surface area contributed by atoms with Crippen LogP contribution in [0.1, 0.15) is 26.0 Å². The van der Waals surface area contributed by atoms with Crippen LogP contribution in [0.15, 0.2) is 58.5 Å². The second-order valence-corrected chi connectivity index (χ2v) is 10.0. The summed E-state index contributed by atoms with van der Waals surface area (Å²) < 4.78 is 54.9. The van der Waals surface area contributed by atoms with E-state index in [1.54, 1.807) is 43.5 Å². The van der Waals surface area contributed by atoms with Crippen LogP contribution in [0.25, 0.3) is 17.1 Å². The van der Waals surface area contributed by atoms with Crippen molar-refractivity contribution >= 4 is 28.5 Å². The standard InChI is InChI=1S/C24H28FN7O4S/c1-15(25)14-28-21(26-4)13-16(2)37(33,34)31-24-30-29-23(18-9-8-12-27-17(18)3)32(24)22-19(35-5)10-7-11-20(22)36-6/h7-12,14,16H,4,13H2,1-3,5-6H3,(H,30,31)/b15-14+,28-21?/t16-/m1/s1. The van der Waals surface area contributed by atoms with E-state index in [2.05, 4.69) is 36.6 Å². The van der Waals surface area contributed by atoms with Crippen LogP contribution in [0, 0.1) is 6.92 Å². The van der Waals surface area contributed by atoms with E-state index in [1.165, 1.54) is 32.6 Å². The number of pyridine rings is 1. The van der Waals surface area contributed by atoms with Gasteiger partial charge in [-0.15, -0.1) is 10.2 Å². The van der Waals surface area contributed by atoms with Gasteiger partial charge < -0.3 is 9.47 Å². The topological polar surface area (TPSA) is 133 Å². The first-order chi connectivity index (χ1) is 17.6. The maximum Gasteiger partial charge on any atom is 0.243 e. The molecule has 13 heteroatoms. The van der Waals surface area contributed by atoms with Gasteiger partial charge in [0.05, 0.1) is 25.7 Å². The first kappa shape index (κ1) is 27.5. The van der Waals surface area contributed by atoms with Crippen LogP contribution >= 0.6 is 0 Å². The minimum Gasteiger partial charge on any atom is -0.494 e. The van der Waals surface area contributed by atoms with E-state index in [0.717, 1.165) is 6.20 Å². The number of benzene rings is 1. The van der Waals surface area contributed by atoms with E-state index in [0.29, 0.717) is 34.3 Å². The lowest BCUT2D eigenvalue weighted by atomic mass is 10.2. The molecule has 0 unspecified atom stereocenters. The van der Waals surface area contributed by atoms with Gasteiger partial charge >= 0.3 is 0 Å². The van der Waals surface area contributed by atoms with Gasteiger partial charge in [0.1, 0.15) is 28.8 Å². The third-order valence-electron chi connectivity index (χ3n) is 5.34. The molecule has 1 atom stereocenters. The van der Waals surface area contributed by atoms with Gasteiger partial charge in [-0.3, -0.25) is 14.3 Å². The minimum atomic E-state index is -4.06. The molecule has 0 saturated carbocycles. The Labute approximate surface area is 214 Å². The molecule has 3 aromatic rings. The molecule has 0 spiro atoms. The molecule has 37 heavy (non-hydrogen) atoms. The van der Waals surface area contributed by atoms with Crippen molar-refractivity contribution in [2.45, 2.75) is 32.4 Å². The smallest absolute Gasteiger partial charge is 0.243 e. The molecular weight excluding hydrogens is 501 g/mol. The summed E-state index contributed by atoms with van der Waals surface area (Å²) >= 11 is 0. The molecule has 196 valence electrons. The minimum absolute atomic E-state index is 0.0643. The Morgan fingerprint density at radius 1 is 1.22 bits per heavy atom. The van der Waals surface area contributed by atoms with Gasteiger partial charge in [0.25, 0.3) is 0 Å². The first-order valence-electron chi connectivity index (χ1n) is 11.1. The predicted molar refractivity (Wildman–Crippen MR) is 141 cm³/mol. The van der Waals surface area contributed by atoms with Crippen molar-refractivity contribution in [1.29, 1.82) is 0 Å². The fraction of sp³-hybridized carbons (Fsp3) is 0.292. The summed E-state index contributed by atoms with van der Waals surface area (Å²) in [6.07, 6.45) is 2.47. The van der Waals surface area contributed by atoms with Crippen molar-refractivity contribution in [3.8, 4) is 28.6 Å². The highest BCUT2D eigenvalue weighted by molar-refractivity contribution is 7.93. The number of amidine groups is 1. The third kappa shape index (κ3) is 6.17. The van der Waals surface area contributed by atoms with Crippen LogP contribution in [-0.4, -0.2) is 60.2 Å². The molecule has 0 fully saturated rings. The quantitative estimate of drug-likeness (QED) is 0.309. The van der Waals surface area contributed by atoms with Crippen molar-refractivity contribution in [2.24, 2.45) is 9.98 Å². The number of halogens is 1. The number of aryl methyl sites for hydroxylation is 1. The molecule has 11 nitrogen and oxygen atoms in total. The van der Waals surface area contributed by atoms with Crippen LogP contribution in [0.3, 0.4) is 0 Å². The average molecular weight is 530 g/mol. The number of ether oxygens (including phenoxy) is 2. The molecule has 2 aromatic heterocycles. The number of hydrogen-bond donors (Lipinski definition) is 1. The second-order valence-electron chi connectivity index (χ2n) is 7.91. The van der Waals surface area contributed by atoms with E-state index < -0.39 is 21.1 Å². The number of nitrogens with one attached hydrogen (secondary N) is 1. The van der Waals surface area contributed by atoms with Crippen LogP contribution in [-0.2, 0) is 10.0 Å². The number of nitrogens with zero attached hydrogens (tertiary/aromatic N) is 6. The number of rotatable bonds is 10. The molecular formula is C24H28FN7O4S. The predicted octanol–water partition coefficient (Wildman–Crippen LogP) is 4.11. The van der Waals surface area contributed by atoms with Crippen molar-refractivity contribution in [1.82, 2.24) is 19.7 Å². The zero-order valence-corrected chi connectivity index (χ0v) is 22.0. The summed E-state index contributed by atoms with van der Waals surface area (Å²) in [7, 11) is -1.09. The SMILES string of the molecule is C=NC(C[C@@H](C)S(=O)(=O)Nc1nnc(-c2cccnc2C)n1-c1c(OC)cccc1OC)=N/C=C(\C)F. The van der Waals surface area contributed by atoms with Gasteiger partial charge in [-0.2, -0.15) is 0 Å². The number of allylic oxidation sites excluding steroid dienone is 1. The number of methoxy groups -OCH3 is 2. The maximum absolute atomic E-state index is 13.3. The normalized spacial score (nSPS) is 13.2. The second kappa shape index (κ2) is 11.7. The van der Waals surface area contributed by atoms with Crippen LogP contribution in [0.2, 0.25) is 0 Å². The lowest BCUT2D eigenvalue weighted by Crippen LogP contribution is -2.28. The fourth-order valence-corrected chi connectivity index (χ4v) is 4.38. The van der Waals surface area contributed by atoms with Gasteiger partial charge in [-0.25, -0.2) is 22.8 Å². The van der Waals surface area contributed by atoms with Crippen molar-refractivity contribution in [3.63, 3.8) is 0 Å². The number of sulfonamides is 1. The molecule has 0 aliphatic rings. The van der Waals surface area contributed by atoms with E-state index >= 15 is 0 Å². The van der Waals surface area contributed by atoms with E-state index in [1.807, 2.05) is 0 Å². The van der Waals surface area contributed by atoms with Gasteiger partial charge in [0, 0.05) is 23.9 Å². The zero-order chi connectivity index (χ0) is 27.2. The monoisotopic (exact) mass is 529 g/mol. The Hall–Kier alpha value is -4.13. The van der Waals surface area contributed by atoms with Crippen molar-refractivity contribution in [3.05, 3.63) is 54.2 Å². The Balaban J connectivity index is 2.15. The van der Waals surface area contributed by atoms with Gasteiger partial charge in [0.15, 0.2) is 5.82 Å². The molecule has 0 aliphatic carbocycles. The lowest BCUT2D eigenvalue weighted by molar-refractivity contribution is 0.391. The van der Waals surface area contributed by atoms with Crippen LogP contribution < -0.4 is 14.2 Å². The highest BCUT2D eigenvalue weighted by Gasteiger charge is 2.29. The Kier molecular flexibility index (Phi) is 8.71. The summed E-state index contributed by atoms with van der Waals surface area (Å²) in [6.45, 7) is 7.87. The molecule has 0 amide bonds. The number of anilines is 1. The van der Waals surface area contributed by atoms with Crippen LogP contribution in [0.5, 0.6) is 11.5 Å². The number of aliphatic imine (C=N–C) groups is 2. The fourth-order valence-electron chi connectivity index (χ4n) is 3.43. The number of aromatic nitrogens is 4. The molecule has 0 radical (unpaired) electrons. The average Bonchev–Trinajstić information content (AvgIpc) is 3.27. The first-order valence-corrected chi connectivity index (χ1v) is 12.6. The van der Waals surface area contributed by atoms with Crippen molar-refractivity contribution in [2.75, 3.05) is 18.9 Å². The summed E-state index contributed by atoms with van der Waals surface area (Å²) in [5, 5.41) is 7.39. The Morgan fingerprint density at radius 2 is 1.89 bits per heavy atom. The molecule has 0 aliphatic heterocycles. The van der Waals surface area contributed by atoms with Gasteiger partial charge in [-0.1, -0.05) is 6.07 Å². The highest BCUT2D eigenvalue weighted by Crippen LogP contribution is 2.38. The largest absolute Gasteiger partial charge is 0.494 e. The Morgan fingerprint density at radius 3 is 2.46 bits per heavy atom. The molecule has 1 aromatic carbocycles. The van der Waals surface area contributed by atoms with E-state index in [9.17, 15) is 12.8 Å². The molecule has 0 bridgehead atoms. The highest BCUT2D eigenvalue weighted by atomic mass is 32.2. The molecule has 2 heterocycles. The lowest BCUT2D eigenvalue weighted by Gasteiger charge is -2.19. The summed E-state index contributed by atoms with van der Waals surface area (Å²) in [6, 6.07) is 8.69. The van der Waals surface area contributed by atoms with Crippen LogP contribution in [0.4, 0.5) is 10.3 Å².